The minimum atomic E-state index is -1.24. The molecule has 0 aromatic heterocycles. The predicted octanol–water partition coefficient (Wildman–Crippen LogP) is -0.157. The van der Waals surface area contributed by atoms with Gasteiger partial charge in [0.05, 0.1) is 0 Å². The van der Waals surface area contributed by atoms with Gasteiger partial charge in [-0.2, -0.15) is 0 Å². The molecule has 1 aromatic rings. The first-order valence-electron chi connectivity index (χ1n) is 4.94. The highest BCUT2D eigenvalue weighted by molar-refractivity contribution is 5.95. The Morgan fingerprint density at radius 3 is 2.50 bits per heavy atom. The van der Waals surface area contributed by atoms with Crippen LogP contribution in [-0.2, 0) is 16.0 Å². The van der Waals surface area contributed by atoms with Crippen molar-refractivity contribution in [2.45, 2.75) is 12.5 Å². The maximum absolute atomic E-state index is 10.9. The van der Waals surface area contributed by atoms with E-state index in [-0.39, 0.29) is 17.9 Å². The average molecular weight is 249 g/mol. The molecule has 6 nitrogen and oxygen atoms in total. The number of aliphatic carboxylic acids is 1. The maximum atomic E-state index is 10.9. The van der Waals surface area contributed by atoms with Crippen LogP contribution < -0.4 is 5.32 Å². The number of nitrogens with one attached hydrogen (secondary N) is 1. The van der Waals surface area contributed by atoms with Gasteiger partial charge in [-0.3, -0.25) is 4.79 Å². The highest BCUT2D eigenvalue weighted by Crippen LogP contribution is 2.25. The van der Waals surface area contributed by atoms with Gasteiger partial charge in [-0.05, 0) is 23.6 Å². The Kier molecular flexibility index (Phi) is 4.16. The first kappa shape index (κ1) is 13.4. The number of hydrogen-bond donors (Lipinski definition) is 4. The molecule has 6 heteroatoms. The van der Waals surface area contributed by atoms with E-state index in [0.717, 1.165) is 0 Å². The monoisotopic (exact) mass is 249 g/mol. The third kappa shape index (κ3) is 3.42. The lowest BCUT2D eigenvalue weighted by Gasteiger charge is -2.13. The van der Waals surface area contributed by atoms with Crippen LogP contribution in [0.3, 0.4) is 0 Å². The molecule has 18 heavy (non-hydrogen) atoms. The van der Waals surface area contributed by atoms with Crippen molar-refractivity contribution in [3.8, 4) is 23.8 Å². The van der Waals surface area contributed by atoms with Gasteiger partial charge >= 0.3 is 5.97 Å². The fourth-order valence-corrected chi connectivity index (χ4v) is 1.33. The zero-order valence-electron chi connectivity index (χ0n) is 9.25. The van der Waals surface area contributed by atoms with E-state index >= 15 is 0 Å². The standard InChI is InChI=1S/C12H11NO5/c1-2-11(16)13-8(12(17)18)5-7-3-4-9(14)10(15)6-7/h1,3-4,6,8,14-15H,5H2,(H,13,16)(H,17,18). The minimum Gasteiger partial charge on any atom is -0.504 e. The van der Waals surface area contributed by atoms with Gasteiger partial charge in [0.25, 0.3) is 5.91 Å². The van der Waals surface area contributed by atoms with Crippen molar-refractivity contribution in [3.05, 3.63) is 23.8 Å². The Morgan fingerprint density at radius 2 is 2.00 bits per heavy atom. The maximum Gasteiger partial charge on any atom is 0.326 e. The summed E-state index contributed by atoms with van der Waals surface area (Å²) in [6.07, 6.45) is 4.77. The number of aromatic hydroxyl groups is 2. The summed E-state index contributed by atoms with van der Waals surface area (Å²) in [5.41, 5.74) is 0.440. The largest absolute Gasteiger partial charge is 0.504 e. The number of terminal acetylenes is 1. The molecule has 0 heterocycles. The fraction of sp³-hybridized carbons (Fsp3) is 0.167. The van der Waals surface area contributed by atoms with Crippen LogP contribution in [0.2, 0.25) is 0 Å². The van der Waals surface area contributed by atoms with Crippen LogP contribution >= 0.6 is 0 Å². The van der Waals surface area contributed by atoms with Crippen LogP contribution in [-0.4, -0.2) is 33.2 Å². The predicted molar refractivity (Wildman–Crippen MR) is 61.9 cm³/mol. The van der Waals surface area contributed by atoms with Crippen molar-refractivity contribution in [1.82, 2.24) is 5.32 Å². The van der Waals surface area contributed by atoms with Crippen molar-refractivity contribution in [1.29, 1.82) is 0 Å². The summed E-state index contributed by atoms with van der Waals surface area (Å²) in [7, 11) is 0. The minimum absolute atomic E-state index is 0.0589. The summed E-state index contributed by atoms with van der Waals surface area (Å²) in [6, 6.07) is 2.69. The molecule has 4 N–H and O–H groups in total. The topological polar surface area (TPSA) is 107 Å². The molecule has 0 aliphatic rings. The molecular formula is C12H11NO5. The molecule has 1 aromatic carbocycles. The molecular weight excluding hydrogens is 238 g/mol. The van der Waals surface area contributed by atoms with Gasteiger partial charge in [0.15, 0.2) is 11.5 Å². The molecule has 0 fully saturated rings. The molecule has 94 valence electrons. The lowest BCUT2D eigenvalue weighted by molar-refractivity contribution is -0.141. The van der Waals surface area contributed by atoms with Gasteiger partial charge < -0.3 is 20.6 Å². The number of hydrogen-bond acceptors (Lipinski definition) is 4. The second-order valence-electron chi connectivity index (χ2n) is 3.54. The molecule has 0 aliphatic carbocycles. The van der Waals surface area contributed by atoms with Crippen molar-refractivity contribution in [3.63, 3.8) is 0 Å². The van der Waals surface area contributed by atoms with E-state index in [1.165, 1.54) is 18.2 Å². The summed E-state index contributed by atoms with van der Waals surface area (Å²) >= 11 is 0. The molecule has 0 spiro atoms. The number of phenols is 2. The van der Waals surface area contributed by atoms with Gasteiger partial charge in [-0.15, -0.1) is 6.42 Å². The second-order valence-corrected chi connectivity index (χ2v) is 3.54. The molecule has 0 bridgehead atoms. The molecule has 1 atom stereocenters. The van der Waals surface area contributed by atoms with Crippen LogP contribution in [0, 0.1) is 12.3 Å². The van der Waals surface area contributed by atoms with E-state index in [4.69, 9.17) is 16.6 Å². The smallest absolute Gasteiger partial charge is 0.326 e. The van der Waals surface area contributed by atoms with Crippen LogP contribution in [0.5, 0.6) is 11.5 Å². The number of rotatable bonds is 4. The molecule has 1 amide bonds. The third-order valence-corrected chi connectivity index (χ3v) is 2.21. The highest BCUT2D eigenvalue weighted by atomic mass is 16.4. The molecule has 1 rings (SSSR count). The average Bonchev–Trinajstić information content (AvgIpc) is 2.32. The van der Waals surface area contributed by atoms with E-state index < -0.39 is 17.9 Å². The molecule has 0 saturated carbocycles. The van der Waals surface area contributed by atoms with Crippen molar-refractivity contribution >= 4 is 11.9 Å². The Balaban J connectivity index is 2.84. The number of carbonyl (C=O) groups is 2. The van der Waals surface area contributed by atoms with Crippen molar-refractivity contribution in [2.24, 2.45) is 0 Å². The Bertz CT molecular complexity index is 518. The fourth-order valence-electron chi connectivity index (χ4n) is 1.33. The highest BCUT2D eigenvalue weighted by Gasteiger charge is 2.20. The van der Waals surface area contributed by atoms with Gasteiger partial charge in [-0.25, -0.2) is 4.79 Å². The number of phenolic OH excluding ortho intramolecular Hbond substituents is 2. The molecule has 0 saturated heterocycles. The Morgan fingerprint density at radius 1 is 1.33 bits per heavy atom. The zero-order chi connectivity index (χ0) is 13.7. The van der Waals surface area contributed by atoms with Gasteiger partial charge in [0, 0.05) is 6.42 Å². The number of carbonyl (C=O) groups excluding carboxylic acids is 1. The van der Waals surface area contributed by atoms with Crippen LogP contribution in [0.1, 0.15) is 5.56 Å². The number of benzene rings is 1. The first-order chi connectivity index (χ1) is 8.43. The summed E-state index contributed by atoms with van der Waals surface area (Å²) in [5.74, 6) is -0.987. The van der Waals surface area contributed by atoms with E-state index in [0.29, 0.717) is 5.56 Å². The van der Waals surface area contributed by atoms with E-state index in [2.05, 4.69) is 5.32 Å². The Hall–Kier alpha value is -2.68. The second kappa shape index (κ2) is 5.59. The third-order valence-electron chi connectivity index (χ3n) is 2.21. The molecule has 1 unspecified atom stereocenters. The van der Waals surface area contributed by atoms with Gasteiger partial charge in [-0.1, -0.05) is 6.07 Å². The van der Waals surface area contributed by atoms with Gasteiger partial charge in [0.1, 0.15) is 6.04 Å². The van der Waals surface area contributed by atoms with Gasteiger partial charge in [0.2, 0.25) is 0 Å². The van der Waals surface area contributed by atoms with Crippen LogP contribution in [0.15, 0.2) is 18.2 Å². The quantitative estimate of drug-likeness (QED) is 0.438. The molecule has 0 aliphatic heterocycles. The van der Waals surface area contributed by atoms with Crippen molar-refractivity contribution in [2.75, 3.05) is 0 Å². The number of carboxylic acid groups (broad SMARTS) is 1. The summed E-state index contributed by atoms with van der Waals surface area (Å²) in [6.45, 7) is 0. The van der Waals surface area contributed by atoms with E-state index in [1.54, 1.807) is 5.92 Å². The normalized spacial score (nSPS) is 11.3. The Labute approximate surface area is 103 Å². The van der Waals surface area contributed by atoms with Crippen LogP contribution in [0.4, 0.5) is 0 Å². The van der Waals surface area contributed by atoms with E-state index in [1.807, 2.05) is 0 Å². The lowest BCUT2D eigenvalue weighted by atomic mass is 10.1. The zero-order valence-corrected chi connectivity index (χ0v) is 9.25. The van der Waals surface area contributed by atoms with E-state index in [9.17, 15) is 14.7 Å². The SMILES string of the molecule is C#CC(=O)NC(Cc1ccc(O)c(O)c1)C(=O)O. The lowest BCUT2D eigenvalue weighted by Crippen LogP contribution is -2.41. The van der Waals surface area contributed by atoms with Crippen LogP contribution in [0.25, 0.3) is 0 Å². The van der Waals surface area contributed by atoms with Crippen molar-refractivity contribution < 1.29 is 24.9 Å². The first-order valence-corrected chi connectivity index (χ1v) is 4.94. The summed E-state index contributed by atoms with van der Waals surface area (Å²) in [5, 5.41) is 29.4. The summed E-state index contributed by atoms with van der Waals surface area (Å²) in [4.78, 5) is 21.8. The number of amides is 1. The number of carboxylic acids is 1. The molecule has 0 radical (unpaired) electrons. The summed E-state index contributed by atoms with van der Waals surface area (Å²) < 4.78 is 0.